The van der Waals surface area contributed by atoms with Gasteiger partial charge in [0.05, 0.1) is 19.3 Å². The molecule has 3 heteroatoms. The number of aliphatic hydroxyl groups excluding tert-OH is 1. The number of hydrogen-bond acceptors (Lipinski definition) is 2. The van der Waals surface area contributed by atoms with Crippen molar-refractivity contribution in [1.82, 2.24) is 0 Å². The zero-order chi connectivity index (χ0) is 13.2. The topological polar surface area (TPSA) is 29.5 Å². The van der Waals surface area contributed by atoms with Crippen LogP contribution < -0.4 is 0 Å². The molecule has 1 aromatic rings. The Labute approximate surface area is 107 Å². The molecule has 0 radical (unpaired) electrons. The molecule has 1 heterocycles. The lowest BCUT2D eigenvalue weighted by Crippen LogP contribution is -2.32. The normalized spacial score (nSPS) is 27.2. The van der Waals surface area contributed by atoms with Crippen LogP contribution >= 0.6 is 0 Å². The van der Waals surface area contributed by atoms with Crippen molar-refractivity contribution >= 4 is 0 Å². The predicted molar refractivity (Wildman–Crippen MR) is 69.0 cm³/mol. The number of hydrogen-bond donors (Lipinski definition) is 1. The van der Waals surface area contributed by atoms with E-state index < -0.39 is 5.41 Å². The number of rotatable bonds is 3. The summed E-state index contributed by atoms with van der Waals surface area (Å²) in [5.74, 6) is -0.270. The summed E-state index contributed by atoms with van der Waals surface area (Å²) in [5, 5.41) is 9.68. The third kappa shape index (κ3) is 2.47. The van der Waals surface area contributed by atoms with Crippen LogP contribution in [0.1, 0.15) is 25.8 Å². The van der Waals surface area contributed by atoms with Crippen molar-refractivity contribution in [3.05, 3.63) is 47.3 Å². The molecule has 2 nitrogen and oxygen atoms in total. The Bertz CT molecular complexity index is 452. The van der Waals surface area contributed by atoms with Gasteiger partial charge in [0.25, 0.3) is 0 Å². The molecule has 18 heavy (non-hydrogen) atoms. The minimum atomic E-state index is -0.609. The maximum Gasteiger partial charge on any atom is 0.127 e. The molecule has 1 aliphatic heterocycles. The molecule has 2 rings (SSSR count). The summed E-state index contributed by atoms with van der Waals surface area (Å²) in [7, 11) is 0. The Hall–Kier alpha value is -1.19. The fraction of sp³-hybridized carbons (Fsp3) is 0.467. The number of benzene rings is 1. The zero-order valence-corrected chi connectivity index (χ0v) is 10.8. The lowest BCUT2D eigenvalue weighted by molar-refractivity contribution is 0.115. The summed E-state index contributed by atoms with van der Waals surface area (Å²) < 4.78 is 19.6. The second-order valence-electron chi connectivity index (χ2n) is 5.22. The van der Waals surface area contributed by atoms with Gasteiger partial charge in [-0.15, -0.1) is 0 Å². The molecular formula is C15H19FO2. The first kappa shape index (κ1) is 13.2. The van der Waals surface area contributed by atoms with Crippen LogP contribution in [0.2, 0.25) is 0 Å². The van der Waals surface area contributed by atoms with Crippen LogP contribution in [0.15, 0.2) is 35.9 Å². The smallest absolute Gasteiger partial charge is 0.127 e. The quantitative estimate of drug-likeness (QED) is 0.836. The summed E-state index contributed by atoms with van der Waals surface area (Å²) in [5.41, 5.74) is 1.11. The van der Waals surface area contributed by atoms with E-state index in [1.165, 1.54) is 11.6 Å². The molecule has 1 aromatic carbocycles. The summed E-state index contributed by atoms with van der Waals surface area (Å²) >= 11 is 0. The monoisotopic (exact) mass is 250 g/mol. The van der Waals surface area contributed by atoms with Crippen LogP contribution in [0.3, 0.4) is 0 Å². The highest BCUT2D eigenvalue weighted by Gasteiger charge is 2.42. The molecule has 1 saturated heterocycles. The van der Waals surface area contributed by atoms with Crippen molar-refractivity contribution < 1.29 is 14.2 Å². The fourth-order valence-electron chi connectivity index (χ4n) is 2.52. The Balaban J connectivity index is 2.29. The molecule has 1 aliphatic rings. The average Bonchev–Trinajstić information content (AvgIpc) is 2.73. The van der Waals surface area contributed by atoms with Gasteiger partial charge < -0.3 is 9.84 Å². The third-order valence-electron chi connectivity index (χ3n) is 3.43. The van der Waals surface area contributed by atoms with Crippen LogP contribution in [0, 0.1) is 5.82 Å². The lowest BCUT2D eigenvalue weighted by Gasteiger charge is -2.25. The highest BCUT2D eigenvalue weighted by molar-refractivity contribution is 5.29. The molecule has 0 aliphatic carbocycles. The van der Waals surface area contributed by atoms with E-state index in [1.54, 1.807) is 18.2 Å². The minimum absolute atomic E-state index is 0.0400. The van der Waals surface area contributed by atoms with Crippen LogP contribution in [0.4, 0.5) is 4.39 Å². The van der Waals surface area contributed by atoms with Gasteiger partial charge in [-0.25, -0.2) is 4.39 Å². The first-order chi connectivity index (χ1) is 8.57. The molecule has 1 fully saturated rings. The second kappa shape index (κ2) is 5.21. The van der Waals surface area contributed by atoms with Crippen molar-refractivity contribution in [2.75, 3.05) is 13.2 Å². The maximum atomic E-state index is 13.9. The van der Waals surface area contributed by atoms with E-state index in [0.717, 1.165) is 0 Å². The summed E-state index contributed by atoms with van der Waals surface area (Å²) in [4.78, 5) is 0. The van der Waals surface area contributed by atoms with Gasteiger partial charge in [-0.3, -0.25) is 0 Å². The number of ether oxygens (including phenoxy) is 1. The van der Waals surface area contributed by atoms with E-state index in [9.17, 15) is 9.50 Å². The third-order valence-corrected chi connectivity index (χ3v) is 3.43. The van der Waals surface area contributed by atoms with E-state index >= 15 is 0 Å². The van der Waals surface area contributed by atoms with Crippen LogP contribution in [-0.2, 0) is 10.2 Å². The van der Waals surface area contributed by atoms with Crippen LogP contribution in [-0.4, -0.2) is 24.4 Å². The first-order valence-corrected chi connectivity index (χ1v) is 6.20. The lowest BCUT2D eigenvalue weighted by atomic mass is 9.79. The van der Waals surface area contributed by atoms with Gasteiger partial charge in [0, 0.05) is 5.41 Å². The van der Waals surface area contributed by atoms with Gasteiger partial charge in [0.15, 0.2) is 0 Å². The molecular weight excluding hydrogens is 231 g/mol. The van der Waals surface area contributed by atoms with Gasteiger partial charge in [0.2, 0.25) is 0 Å². The summed E-state index contributed by atoms with van der Waals surface area (Å²) in [6.07, 6.45) is 2.61. The largest absolute Gasteiger partial charge is 0.395 e. The zero-order valence-electron chi connectivity index (χ0n) is 10.8. The second-order valence-corrected chi connectivity index (χ2v) is 5.22. The van der Waals surface area contributed by atoms with Gasteiger partial charge >= 0.3 is 0 Å². The Morgan fingerprint density at radius 2 is 2.22 bits per heavy atom. The van der Waals surface area contributed by atoms with Crippen molar-refractivity contribution in [2.45, 2.75) is 31.8 Å². The van der Waals surface area contributed by atoms with Crippen LogP contribution in [0.25, 0.3) is 0 Å². The average molecular weight is 250 g/mol. The Morgan fingerprint density at radius 3 is 2.83 bits per heavy atom. The van der Waals surface area contributed by atoms with Gasteiger partial charge in [-0.1, -0.05) is 29.8 Å². The first-order valence-electron chi connectivity index (χ1n) is 6.20. The fourth-order valence-corrected chi connectivity index (χ4v) is 2.52. The van der Waals surface area contributed by atoms with Crippen molar-refractivity contribution in [2.24, 2.45) is 0 Å². The standard InChI is InChI=1S/C15H19FO2/c1-11(2)7-12-8-15(9-17,10-18-12)13-5-3-4-6-14(13)16/h3-7,12,17H,8-10H2,1-2H3/t12-,15-/m1/s1. The molecule has 0 amide bonds. The van der Waals surface area contributed by atoms with Crippen molar-refractivity contribution in [3.63, 3.8) is 0 Å². The van der Waals surface area contributed by atoms with E-state index in [-0.39, 0.29) is 18.5 Å². The van der Waals surface area contributed by atoms with Crippen molar-refractivity contribution in [3.8, 4) is 0 Å². The molecule has 98 valence electrons. The van der Waals surface area contributed by atoms with E-state index in [4.69, 9.17) is 4.74 Å². The SMILES string of the molecule is CC(C)=C[C@@H]1C[C@](CO)(c2ccccc2F)CO1. The number of allylic oxidation sites excluding steroid dienone is 1. The Kier molecular flexibility index (Phi) is 3.83. The number of halogens is 1. The molecule has 0 saturated carbocycles. The van der Waals surface area contributed by atoms with Crippen molar-refractivity contribution in [1.29, 1.82) is 0 Å². The highest BCUT2D eigenvalue weighted by atomic mass is 19.1. The molecule has 0 unspecified atom stereocenters. The number of aliphatic hydroxyl groups is 1. The molecule has 2 atom stereocenters. The molecule has 1 N–H and O–H groups in total. The summed E-state index contributed by atoms with van der Waals surface area (Å²) in [6, 6.07) is 6.62. The van der Waals surface area contributed by atoms with E-state index in [1.807, 2.05) is 19.9 Å². The van der Waals surface area contributed by atoms with Crippen LogP contribution in [0.5, 0.6) is 0 Å². The van der Waals surface area contributed by atoms with Gasteiger partial charge in [-0.2, -0.15) is 0 Å². The predicted octanol–water partition coefficient (Wildman–Crippen LogP) is 2.81. The van der Waals surface area contributed by atoms with Gasteiger partial charge in [-0.05, 0) is 31.9 Å². The Morgan fingerprint density at radius 1 is 1.50 bits per heavy atom. The van der Waals surface area contributed by atoms with E-state index in [0.29, 0.717) is 18.6 Å². The maximum absolute atomic E-state index is 13.9. The van der Waals surface area contributed by atoms with E-state index in [2.05, 4.69) is 0 Å². The summed E-state index contributed by atoms with van der Waals surface area (Å²) in [6.45, 7) is 4.27. The molecule has 0 spiro atoms. The van der Waals surface area contributed by atoms with Gasteiger partial charge in [0.1, 0.15) is 5.82 Å². The minimum Gasteiger partial charge on any atom is -0.395 e. The highest BCUT2D eigenvalue weighted by Crippen LogP contribution is 2.38. The molecule has 0 bridgehead atoms. The molecule has 0 aromatic heterocycles.